The molecule has 21 heavy (non-hydrogen) atoms. The molecule has 2 rings (SSSR count). The lowest BCUT2D eigenvalue weighted by atomic mass is 10.1. The fourth-order valence-corrected chi connectivity index (χ4v) is 1.84. The van der Waals surface area contributed by atoms with Crippen molar-refractivity contribution < 1.29 is 13.9 Å². The zero-order chi connectivity index (χ0) is 15.4. The van der Waals surface area contributed by atoms with Gasteiger partial charge in [0.15, 0.2) is 6.61 Å². The van der Waals surface area contributed by atoms with Crippen molar-refractivity contribution in [1.29, 1.82) is 0 Å². The van der Waals surface area contributed by atoms with Crippen molar-refractivity contribution in [3.05, 3.63) is 53.3 Å². The van der Waals surface area contributed by atoms with Gasteiger partial charge in [0.2, 0.25) is 0 Å². The van der Waals surface area contributed by atoms with E-state index in [2.05, 4.69) is 5.32 Å². The summed E-state index contributed by atoms with van der Waals surface area (Å²) >= 11 is 0. The molecule has 0 radical (unpaired) electrons. The van der Waals surface area contributed by atoms with Crippen molar-refractivity contribution in [1.82, 2.24) is 0 Å². The minimum atomic E-state index is -0.350. The van der Waals surface area contributed by atoms with Crippen LogP contribution in [0.5, 0.6) is 5.75 Å². The smallest absolute Gasteiger partial charge is 0.262 e. The lowest BCUT2D eigenvalue weighted by molar-refractivity contribution is -0.118. The molecular weight excluding hydrogens is 271 g/mol. The van der Waals surface area contributed by atoms with Gasteiger partial charge in [0.25, 0.3) is 5.91 Å². The highest BCUT2D eigenvalue weighted by Crippen LogP contribution is 2.24. The van der Waals surface area contributed by atoms with Crippen LogP contribution in [0.15, 0.2) is 36.4 Å². The topological polar surface area (TPSA) is 64.3 Å². The van der Waals surface area contributed by atoms with E-state index in [1.807, 2.05) is 19.9 Å². The fraction of sp³-hybridized carbons (Fsp3) is 0.188. The van der Waals surface area contributed by atoms with Crippen molar-refractivity contribution in [2.24, 2.45) is 0 Å². The number of hydrogen-bond donors (Lipinski definition) is 2. The summed E-state index contributed by atoms with van der Waals surface area (Å²) in [4.78, 5) is 11.8. The second-order valence-electron chi connectivity index (χ2n) is 4.82. The molecule has 0 aliphatic carbocycles. The van der Waals surface area contributed by atoms with E-state index in [0.29, 0.717) is 17.1 Å². The molecule has 0 saturated heterocycles. The van der Waals surface area contributed by atoms with E-state index < -0.39 is 0 Å². The fourth-order valence-electron chi connectivity index (χ4n) is 1.84. The first-order chi connectivity index (χ1) is 9.95. The molecule has 3 N–H and O–H groups in total. The first kappa shape index (κ1) is 14.8. The molecule has 0 unspecified atom stereocenters. The van der Waals surface area contributed by atoms with Gasteiger partial charge in [-0.05, 0) is 61.4 Å². The number of amides is 1. The molecule has 0 aliphatic rings. The number of rotatable bonds is 4. The molecule has 0 spiro atoms. The zero-order valence-electron chi connectivity index (χ0n) is 11.9. The normalized spacial score (nSPS) is 10.2. The third-order valence-corrected chi connectivity index (χ3v) is 3.05. The van der Waals surface area contributed by atoms with E-state index in [1.54, 1.807) is 6.07 Å². The van der Waals surface area contributed by atoms with Crippen LogP contribution in [-0.4, -0.2) is 12.5 Å². The van der Waals surface area contributed by atoms with Gasteiger partial charge in [-0.25, -0.2) is 4.39 Å². The van der Waals surface area contributed by atoms with Gasteiger partial charge in [-0.2, -0.15) is 0 Å². The van der Waals surface area contributed by atoms with E-state index in [1.165, 1.54) is 24.3 Å². The number of nitrogen functional groups attached to an aromatic ring is 1. The monoisotopic (exact) mass is 288 g/mol. The summed E-state index contributed by atoms with van der Waals surface area (Å²) in [6, 6.07) is 9.16. The summed E-state index contributed by atoms with van der Waals surface area (Å²) in [7, 11) is 0. The highest BCUT2D eigenvalue weighted by atomic mass is 19.1. The van der Waals surface area contributed by atoms with Crippen molar-refractivity contribution in [3.8, 4) is 5.75 Å². The summed E-state index contributed by atoms with van der Waals surface area (Å²) < 4.78 is 18.2. The number of nitrogens with one attached hydrogen (secondary N) is 1. The first-order valence-corrected chi connectivity index (χ1v) is 6.50. The number of aryl methyl sites for hydroxylation is 2. The number of carbonyl (C=O) groups is 1. The van der Waals surface area contributed by atoms with Gasteiger partial charge >= 0.3 is 0 Å². The quantitative estimate of drug-likeness (QED) is 0.850. The van der Waals surface area contributed by atoms with E-state index in [4.69, 9.17) is 10.5 Å². The van der Waals surface area contributed by atoms with Crippen LogP contribution < -0.4 is 15.8 Å². The first-order valence-electron chi connectivity index (χ1n) is 6.50. The predicted molar refractivity (Wildman–Crippen MR) is 80.9 cm³/mol. The maximum absolute atomic E-state index is 12.8. The number of anilines is 2. The van der Waals surface area contributed by atoms with E-state index in [0.717, 1.165) is 11.1 Å². The number of halogens is 1. The summed E-state index contributed by atoms with van der Waals surface area (Å²) in [5, 5.41) is 2.63. The van der Waals surface area contributed by atoms with E-state index in [9.17, 15) is 9.18 Å². The van der Waals surface area contributed by atoms with Crippen molar-refractivity contribution >= 4 is 17.3 Å². The van der Waals surface area contributed by atoms with E-state index in [-0.39, 0.29) is 18.3 Å². The Morgan fingerprint density at radius 2 is 1.86 bits per heavy atom. The Labute approximate surface area is 122 Å². The zero-order valence-corrected chi connectivity index (χ0v) is 11.9. The van der Waals surface area contributed by atoms with Gasteiger partial charge in [0.1, 0.15) is 11.6 Å². The standard InChI is InChI=1S/C16H17FN2O2/c1-10-8-15(11(2)7-14(10)18)21-9-16(20)19-13-5-3-12(17)4-6-13/h3-8H,9,18H2,1-2H3,(H,19,20). The molecule has 0 saturated carbocycles. The van der Waals surface area contributed by atoms with Gasteiger partial charge in [-0.1, -0.05) is 0 Å². The molecular formula is C16H17FN2O2. The van der Waals surface area contributed by atoms with Crippen molar-refractivity contribution in [2.45, 2.75) is 13.8 Å². The minimum absolute atomic E-state index is 0.123. The molecule has 4 nitrogen and oxygen atoms in total. The molecule has 0 heterocycles. The number of hydrogen-bond acceptors (Lipinski definition) is 3. The average molecular weight is 288 g/mol. The molecule has 0 bridgehead atoms. The molecule has 5 heteroatoms. The van der Waals surface area contributed by atoms with E-state index >= 15 is 0 Å². The van der Waals surface area contributed by atoms with Crippen LogP contribution in [-0.2, 0) is 4.79 Å². The Hall–Kier alpha value is -2.56. The van der Waals surface area contributed by atoms with Crippen LogP contribution >= 0.6 is 0 Å². The average Bonchev–Trinajstić information content (AvgIpc) is 2.44. The van der Waals surface area contributed by atoms with Crippen molar-refractivity contribution in [2.75, 3.05) is 17.7 Å². The Kier molecular flexibility index (Phi) is 4.42. The Balaban J connectivity index is 1.95. The van der Waals surface area contributed by atoms with Crippen LogP contribution in [0, 0.1) is 19.7 Å². The van der Waals surface area contributed by atoms with Crippen molar-refractivity contribution in [3.63, 3.8) is 0 Å². The summed E-state index contributed by atoms with van der Waals surface area (Å²) in [6.07, 6.45) is 0. The Morgan fingerprint density at radius 3 is 2.52 bits per heavy atom. The Bertz CT molecular complexity index is 654. The third kappa shape index (κ3) is 3.95. The van der Waals surface area contributed by atoms with Crippen LogP contribution in [0.3, 0.4) is 0 Å². The van der Waals surface area contributed by atoms with Crippen LogP contribution in [0.2, 0.25) is 0 Å². The lowest BCUT2D eigenvalue weighted by Crippen LogP contribution is -2.20. The molecule has 0 aromatic heterocycles. The summed E-state index contributed by atoms with van der Waals surface area (Å²) in [6.45, 7) is 3.62. The minimum Gasteiger partial charge on any atom is -0.483 e. The summed E-state index contributed by atoms with van der Waals surface area (Å²) in [5.41, 5.74) is 8.77. The van der Waals surface area contributed by atoms with Crippen LogP contribution in [0.25, 0.3) is 0 Å². The molecule has 2 aromatic carbocycles. The van der Waals surface area contributed by atoms with Gasteiger partial charge in [0.05, 0.1) is 0 Å². The predicted octanol–water partition coefficient (Wildman–Crippen LogP) is 3.04. The second-order valence-corrected chi connectivity index (χ2v) is 4.82. The number of ether oxygens (including phenoxy) is 1. The van der Waals surface area contributed by atoms with Gasteiger partial charge in [0, 0.05) is 11.4 Å². The molecule has 110 valence electrons. The summed E-state index contributed by atoms with van der Waals surface area (Å²) in [5.74, 6) is -0.0383. The van der Waals surface area contributed by atoms with Crippen LogP contribution in [0.1, 0.15) is 11.1 Å². The molecule has 0 atom stereocenters. The number of nitrogens with two attached hydrogens (primary N) is 1. The maximum Gasteiger partial charge on any atom is 0.262 e. The maximum atomic E-state index is 12.8. The van der Waals surface area contributed by atoms with Gasteiger partial charge in [-0.3, -0.25) is 4.79 Å². The van der Waals surface area contributed by atoms with Gasteiger partial charge < -0.3 is 15.8 Å². The highest BCUT2D eigenvalue weighted by molar-refractivity contribution is 5.91. The number of carbonyl (C=O) groups excluding carboxylic acids is 1. The lowest BCUT2D eigenvalue weighted by Gasteiger charge is -2.11. The number of benzene rings is 2. The Morgan fingerprint density at radius 1 is 1.19 bits per heavy atom. The SMILES string of the molecule is Cc1cc(OCC(=O)Nc2ccc(F)cc2)c(C)cc1N. The molecule has 0 fully saturated rings. The highest BCUT2D eigenvalue weighted by Gasteiger charge is 2.07. The largest absolute Gasteiger partial charge is 0.483 e. The van der Waals surface area contributed by atoms with Crippen LogP contribution in [0.4, 0.5) is 15.8 Å². The molecule has 2 aromatic rings. The van der Waals surface area contributed by atoms with Gasteiger partial charge in [-0.15, -0.1) is 0 Å². The molecule has 1 amide bonds. The third-order valence-electron chi connectivity index (χ3n) is 3.05. The molecule has 0 aliphatic heterocycles. The second kappa shape index (κ2) is 6.26.